The van der Waals surface area contributed by atoms with Gasteiger partial charge in [0.1, 0.15) is 5.78 Å². The normalized spacial score (nSPS) is 14.4. The molecular weight excluding hydrogens is 260 g/mol. The standard InChI is InChI=1S/C15H20O3S/c1-12(16)5-2-3-10-19(17,18)15-9-8-13-6-4-7-14(13)11-15/h8-9,11H,2-7,10H2,1H3. The fraction of sp³-hybridized carbons (Fsp3) is 0.533. The van der Waals surface area contributed by atoms with Crippen LogP contribution >= 0.6 is 0 Å². The maximum atomic E-state index is 12.2. The predicted molar refractivity (Wildman–Crippen MR) is 75.1 cm³/mol. The Morgan fingerprint density at radius 3 is 2.63 bits per heavy atom. The van der Waals surface area contributed by atoms with Gasteiger partial charge >= 0.3 is 0 Å². The second-order valence-corrected chi connectivity index (χ2v) is 7.37. The second-order valence-electron chi connectivity index (χ2n) is 5.26. The molecular formula is C15H20O3S. The molecule has 19 heavy (non-hydrogen) atoms. The van der Waals surface area contributed by atoms with E-state index in [-0.39, 0.29) is 11.5 Å². The highest BCUT2D eigenvalue weighted by Gasteiger charge is 2.18. The molecule has 0 unspecified atom stereocenters. The van der Waals surface area contributed by atoms with Crippen LogP contribution in [0.2, 0.25) is 0 Å². The van der Waals surface area contributed by atoms with E-state index in [2.05, 4.69) is 0 Å². The van der Waals surface area contributed by atoms with Gasteiger partial charge in [-0.15, -0.1) is 0 Å². The summed E-state index contributed by atoms with van der Waals surface area (Å²) in [5.41, 5.74) is 2.47. The van der Waals surface area contributed by atoms with Crippen LogP contribution in [0.15, 0.2) is 23.1 Å². The van der Waals surface area contributed by atoms with E-state index >= 15 is 0 Å². The van der Waals surface area contributed by atoms with Crippen molar-refractivity contribution in [2.45, 2.75) is 50.3 Å². The summed E-state index contributed by atoms with van der Waals surface area (Å²) in [6, 6.07) is 5.51. The third kappa shape index (κ3) is 3.66. The number of sulfone groups is 1. The van der Waals surface area contributed by atoms with Crippen molar-refractivity contribution < 1.29 is 13.2 Å². The van der Waals surface area contributed by atoms with Crippen LogP contribution in [0, 0.1) is 0 Å². The Kier molecular flexibility index (Phi) is 4.40. The van der Waals surface area contributed by atoms with E-state index in [9.17, 15) is 13.2 Å². The number of ketones is 1. The van der Waals surface area contributed by atoms with Crippen molar-refractivity contribution in [3.8, 4) is 0 Å². The van der Waals surface area contributed by atoms with Gasteiger partial charge in [-0.05, 0) is 62.3 Å². The number of Topliss-reactive ketones (excluding diaryl/α,β-unsaturated/α-hetero) is 1. The van der Waals surface area contributed by atoms with Crippen molar-refractivity contribution in [1.82, 2.24) is 0 Å². The smallest absolute Gasteiger partial charge is 0.178 e. The molecule has 0 aliphatic heterocycles. The van der Waals surface area contributed by atoms with Crippen molar-refractivity contribution in [2.75, 3.05) is 5.75 Å². The molecule has 0 saturated carbocycles. The number of rotatable bonds is 6. The van der Waals surface area contributed by atoms with E-state index in [1.807, 2.05) is 12.1 Å². The van der Waals surface area contributed by atoms with Gasteiger partial charge in [-0.25, -0.2) is 8.42 Å². The summed E-state index contributed by atoms with van der Waals surface area (Å²) in [5.74, 6) is 0.258. The van der Waals surface area contributed by atoms with Gasteiger partial charge in [0.25, 0.3) is 0 Å². The predicted octanol–water partition coefficient (Wildman–Crippen LogP) is 2.71. The van der Waals surface area contributed by atoms with Crippen LogP contribution in [0.3, 0.4) is 0 Å². The Balaban J connectivity index is 2.01. The lowest BCUT2D eigenvalue weighted by Gasteiger charge is -2.06. The molecule has 1 aromatic carbocycles. The third-order valence-corrected chi connectivity index (χ3v) is 5.42. The first-order valence-corrected chi connectivity index (χ1v) is 8.48. The zero-order chi connectivity index (χ0) is 13.9. The number of benzene rings is 1. The summed E-state index contributed by atoms with van der Waals surface area (Å²) in [5, 5.41) is 0. The lowest BCUT2D eigenvalue weighted by molar-refractivity contribution is -0.117. The molecule has 0 atom stereocenters. The van der Waals surface area contributed by atoms with Gasteiger partial charge in [0.05, 0.1) is 10.6 Å². The van der Waals surface area contributed by atoms with E-state index in [4.69, 9.17) is 0 Å². The molecule has 0 spiro atoms. The zero-order valence-electron chi connectivity index (χ0n) is 11.3. The molecule has 104 valence electrons. The fourth-order valence-corrected chi connectivity index (χ4v) is 3.94. The van der Waals surface area contributed by atoms with Gasteiger partial charge in [0.2, 0.25) is 0 Å². The first-order valence-electron chi connectivity index (χ1n) is 6.83. The van der Waals surface area contributed by atoms with Crippen LogP contribution in [-0.2, 0) is 27.5 Å². The molecule has 0 saturated heterocycles. The Bertz CT molecular complexity index is 573. The van der Waals surface area contributed by atoms with E-state index < -0.39 is 9.84 Å². The minimum absolute atomic E-state index is 0.120. The molecule has 1 aromatic rings. The topological polar surface area (TPSA) is 51.2 Å². The lowest BCUT2D eigenvalue weighted by Crippen LogP contribution is -2.08. The number of hydrogen-bond acceptors (Lipinski definition) is 3. The van der Waals surface area contributed by atoms with Crippen molar-refractivity contribution >= 4 is 15.6 Å². The quantitative estimate of drug-likeness (QED) is 0.753. The van der Waals surface area contributed by atoms with E-state index in [0.717, 1.165) is 19.3 Å². The Labute approximate surface area is 114 Å². The number of unbranched alkanes of at least 4 members (excludes halogenated alkanes) is 1. The summed E-state index contributed by atoms with van der Waals surface area (Å²) in [6.45, 7) is 1.54. The Morgan fingerprint density at radius 2 is 1.89 bits per heavy atom. The fourth-order valence-electron chi connectivity index (χ4n) is 2.53. The Morgan fingerprint density at radius 1 is 1.16 bits per heavy atom. The maximum absolute atomic E-state index is 12.2. The van der Waals surface area contributed by atoms with Gasteiger partial charge in [-0.3, -0.25) is 0 Å². The van der Waals surface area contributed by atoms with Crippen LogP contribution in [-0.4, -0.2) is 20.0 Å². The largest absolute Gasteiger partial charge is 0.300 e. The van der Waals surface area contributed by atoms with Gasteiger partial charge in [-0.1, -0.05) is 6.07 Å². The molecule has 0 bridgehead atoms. The van der Waals surface area contributed by atoms with E-state index in [0.29, 0.717) is 24.2 Å². The minimum Gasteiger partial charge on any atom is -0.300 e. The summed E-state index contributed by atoms with van der Waals surface area (Å²) in [6.07, 6.45) is 4.85. The molecule has 0 radical (unpaired) electrons. The summed E-state index contributed by atoms with van der Waals surface area (Å²) in [4.78, 5) is 11.3. The van der Waals surface area contributed by atoms with Gasteiger partial charge in [-0.2, -0.15) is 0 Å². The highest BCUT2D eigenvalue weighted by molar-refractivity contribution is 7.91. The third-order valence-electron chi connectivity index (χ3n) is 3.62. The molecule has 0 N–H and O–H groups in total. The highest BCUT2D eigenvalue weighted by Crippen LogP contribution is 2.25. The monoisotopic (exact) mass is 280 g/mol. The van der Waals surface area contributed by atoms with Crippen LogP contribution in [0.25, 0.3) is 0 Å². The number of carbonyl (C=O) groups is 1. The number of fused-ring (bicyclic) bond motifs is 1. The molecule has 2 rings (SSSR count). The van der Waals surface area contributed by atoms with Gasteiger partial charge < -0.3 is 4.79 Å². The van der Waals surface area contributed by atoms with Crippen LogP contribution in [0.5, 0.6) is 0 Å². The molecule has 3 nitrogen and oxygen atoms in total. The maximum Gasteiger partial charge on any atom is 0.178 e. The summed E-state index contributed by atoms with van der Waals surface area (Å²) >= 11 is 0. The molecule has 4 heteroatoms. The van der Waals surface area contributed by atoms with Crippen molar-refractivity contribution in [1.29, 1.82) is 0 Å². The van der Waals surface area contributed by atoms with E-state index in [1.165, 1.54) is 18.1 Å². The molecule has 0 aromatic heterocycles. The SMILES string of the molecule is CC(=O)CCCCS(=O)(=O)c1ccc2c(c1)CCC2. The van der Waals surface area contributed by atoms with E-state index in [1.54, 1.807) is 6.07 Å². The lowest BCUT2D eigenvalue weighted by atomic mass is 10.1. The van der Waals surface area contributed by atoms with Crippen molar-refractivity contribution in [3.05, 3.63) is 29.3 Å². The summed E-state index contributed by atoms with van der Waals surface area (Å²) in [7, 11) is -3.19. The zero-order valence-corrected chi connectivity index (χ0v) is 12.1. The minimum atomic E-state index is -3.19. The van der Waals surface area contributed by atoms with Gasteiger partial charge in [0.15, 0.2) is 9.84 Å². The summed E-state index contributed by atoms with van der Waals surface area (Å²) < 4.78 is 24.4. The van der Waals surface area contributed by atoms with Crippen LogP contribution in [0.1, 0.15) is 43.7 Å². The molecule has 0 amide bonds. The van der Waals surface area contributed by atoms with Gasteiger partial charge in [0, 0.05) is 6.42 Å². The number of aryl methyl sites for hydroxylation is 2. The average Bonchev–Trinajstić information content (AvgIpc) is 2.81. The van der Waals surface area contributed by atoms with Crippen molar-refractivity contribution in [3.63, 3.8) is 0 Å². The Hall–Kier alpha value is -1.16. The average molecular weight is 280 g/mol. The second kappa shape index (κ2) is 5.87. The molecule has 1 aliphatic carbocycles. The first-order chi connectivity index (χ1) is 8.99. The molecule has 0 heterocycles. The van der Waals surface area contributed by atoms with Crippen LogP contribution < -0.4 is 0 Å². The molecule has 1 aliphatic rings. The number of hydrogen-bond donors (Lipinski definition) is 0. The van der Waals surface area contributed by atoms with Crippen molar-refractivity contribution in [2.24, 2.45) is 0 Å². The highest BCUT2D eigenvalue weighted by atomic mass is 32.2. The first kappa shape index (κ1) is 14.3. The van der Waals surface area contributed by atoms with Crippen LogP contribution in [0.4, 0.5) is 0 Å². The number of carbonyl (C=O) groups excluding carboxylic acids is 1. The molecule has 0 fully saturated rings.